The van der Waals surface area contributed by atoms with Crippen LogP contribution >= 0.6 is 0 Å². The van der Waals surface area contributed by atoms with Crippen molar-refractivity contribution in [3.05, 3.63) is 12.2 Å². The predicted molar refractivity (Wildman–Crippen MR) is 55.2 cm³/mol. The summed E-state index contributed by atoms with van der Waals surface area (Å²) < 4.78 is 0. The largest absolute Gasteiger partial charge is 0.0888 e. The van der Waals surface area contributed by atoms with E-state index in [9.17, 15) is 0 Å². The number of hydrogen-bond donors (Lipinski definition) is 0. The van der Waals surface area contributed by atoms with E-state index in [4.69, 9.17) is 0 Å². The number of hydrogen-bond acceptors (Lipinski definition) is 0. The lowest BCUT2D eigenvalue weighted by Crippen LogP contribution is -2.09. The first-order valence-electron chi connectivity index (χ1n) is 5.42. The van der Waals surface area contributed by atoms with Gasteiger partial charge in [-0.05, 0) is 37.5 Å². The third-order valence-corrected chi connectivity index (χ3v) is 3.13. The van der Waals surface area contributed by atoms with Gasteiger partial charge in [-0.3, -0.25) is 0 Å². The Hall–Kier alpha value is -0.260. The summed E-state index contributed by atoms with van der Waals surface area (Å²) >= 11 is 0. The summed E-state index contributed by atoms with van der Waals surface area (Å²) in [4.78, 5) is 0. The Kier molecular flexibility index (Phi) is 3.84. The first-order chi connectivity index (χ1) is 5.77. The van der Waals surface area contributed by atoms with E-state index in [1.807, 2.05) is 0 Å². The van der Waals surface area contributed by atoms with Crippen LogP contribution in [0.3, 0.4) is 0 Å². The van der Waals surface area contributed by atoms with E-state index in [1.165, 1.54) is 44.9 Å². The third kappa shape index (κ3) is 3.00. The van der Waals surface area contributed by atoms with Crippen molar-refractivity contribution < 1.29 is 0 Å². The molecule has 0 aromatic heterocycles. The van der Waals surface area contributed by atoms with E-state index in [2.05, 4.69) is 26.0 Å². The smallest absolute Gasteiger partial charge is 0.0323 e. The Bertz CT molecular complexity index is 138. The maximum atomic E-state index is 2.46. The molecule has 0 aliphatic heterocycles. The summed E-state index contributed by atoms with van der Waals surface area (Å²) in [5.74, 6) is 0. The first-order valence-corrected chi connectivity index (χ1v) is 5.42. The normalized spacial score (nSPS) is 22.2. The van der Waals surface area contributed by atoms with Crippen LogP contribution in [-0.4, -0.2) is 0 Å². The van der Waals surface area contributed by atoms with E-state index in [-0.39, 0.29) is 0 Å². The van der Waals surface area contributed by atoms with Gasteiger partial charge in [-0.1, -0.05) is 38.8 Å². The van der Waals surface area contributed by atoms with E-state index in [0.29, 0.717) is 5.41 Å². The van der Waals surface area contributed by atoms with Crippen LogP contribution in [0.5, 0.6) is 0 Å². The van der Waals surface area contributed by atoms with Crippen molar-refractivity contribution in [2.24, 2.45) is 5.41 Å². The molecule has 0 heteroatoms. The maximum absolute atomic E-state index is 2.46. The molecule has 0 spiro atoms. The van der Waals surface area contributed by atoms with Crippen molar-refractivity contribution in [2.75, 3.05) is 0 Å². The molecule has 0 bridgehead atoms. The molecule has 0 unspecified atom stereocenters. The van der Waals surface area contributed by atoms with Crippen LogP contribution in [0.15, 0.2) is 12.2 Å². The minimum atomic E-state index is 0.693. The Morgan fingerprint density at radius 2 is 1.83 bits per heavy atom. The van der Waals surface area contributed by atoms with Crippen molar-refractivity contribution in [2.45, 2.75) is 58.8 Å². The van der Waals surface area contributed by atoms with Crippen LogP contribution < -0.4 is 0 Å². The summed E-state index contributed by atoms with van der Waals surface area (Å²) in [5, 5.41) is 0. The van der Waals surface area contributed by atoms with Gasteiger partial charge in [0.25, 0.3) is 0 Å². The lowest BCUT2D eigenvalue weighted by molar-refractivity contribution is 0.311. The molecule has 0 N–H and O–H groups in total. The number of rotatable bonds is 4. The summed E-state index contributed by atoms with van der Waals surface area (Å²) in [7, 11) is 0. The van der Waals surface area contributed by atoms with Gasteiger partial charge in [0.15, 0.2) is 0 Å². The zero-order chi connectivity index (χ0) is 8.86. The SMILES string of the molecule is CC/C=C/CCC1(C)CCCC1. The van der Waals surface area contributed by atoms with E-state index < -0.39 is 0 Å². The van der Waals surface area contributed by atoms with Gasteiger partial charge in [0.1, 0.15) is 0 Å². The molecule has 0 nitrogen and oxygen atoms in total. The molecule has 0 heterocycles. The highest BCUT2D eigenvalue weighted by Gasteiger charge is 2.27. The molecular weight excluding hydrogens is 144 g/mol. The van der Waals surface area contributed by atoms with Gasteiger partial charge < -0.3 is 0 Å². The Labute approximate surface area is 77.1 Å². The summed E-state index contributed by atoms with van der Waals surface area (Å²) in [5.41, 5.74) is 0.693. The lowest BCUT2D eigenvalue weighted by Gasteiger charge is -2.22. The van der Waals surface area contributed by atoms with Crippen LogP contribution in [0, 0.1) is 5.41 Å². The summed E-state index contributed by atoms with van der Waals surface area (Å²) in [6.07, 6.45) is 14.4. The van der Waals surface area contributed by atoms with Gasteiger partial charge in [0, 0.05) is 0 Å². The van der Waals surface area contributed by atoms with Gasteiger partial charge in [-0.15, -0.1) is 0 Å². The standard InChI is InChI=1S/C12H22/c1-3-4-5-6-9-12(2)10-7-8-11-12/h4-5H,3,6-11H2,1-2H3/b5-4+. The second kappa shape index (κ2) is 4.69. The summed E-state index contributed by atoms with van der Waals surface area (Å²) in [6.45, 7) is 4.66. The van der Waals surface area contributed by atoms with Gasteiger partial charge in [0.2, 0.25) is 0 Å². The van der Waals surface area contributed by atoms with Crippen molar-refractivity contribution in [1.29, 1.82) is 0 Å². The van der Waals surface area contributed by atoms with Crippen molar-refractivity contribution in [1.82, 2.24) is 0 Å². The molecule has 1 aliphatic carbocycles. The Morgan fingerprint density at radius 1 is 1.17 bits per heavy atom. The van der Waals surface area contributed by atoms with Crippen LogP contribution in [0.2, 0.25) is 0 Å². The van der Waals surface area contributed by atoms with Gasteiger partial charge in [0.05, 0.1) is 0 Å². The topological polar surface area (TPSA) is 0 Å². The fourth-order valence-corrected chi connectivity index (χ4v) is 2.19. The highest BCUT2D eigenvalue weighted by atomic mass is 14.3. The molecule has 1 saturated carbocycles. The van der Waals surface area contributed by atoms with Crippen molar-refractivity contribution in [3.8, 4) is 0 Å². The molecule has 0 atom stereocenters. The highest BCUT2D eigenvalue weighted by Crippen LogP contribution is 2.41. The fraction of sp³-hybridized carbons (Fsp3) is 0.833. The second-order valence-corrected chi connectivity index (χ2v) is 4.44. The molecule has 0 saturated heterocycles. The average Bonchev–Trinajstić information content (AvgIpc) is 2.47. The molecule has 1 aliphatic rings. The van der Waals surface area contributed by atoms with Gasteiger partial charge in [-0.2, -0.15) is 0 Å². The second-order valence-electron chi connectivity index (χ2n) is 4.44. The van der Waals surface area contributed by atoms with Crippen LogP contribution in [0.1, 0.15) is 58.8 Å². The molecule has 0 radical (unpaired) electrons. The Morgan fingerprint density at radius 3 is 2.42 bits per heavy atom. The zero-order valence-corrected chi connectivity index (χ0v) is 8.60. The molecule has 0 amide bonds. The third-order valence-electron chi connectivity index (χ3n) is 3.13. The van der Waals surface area contributed by atoms with Crippen molar-refractivity contribution >= 4 is 0 Å². The molecule has 0 aromatic carbocycles. The van der Waals surface area contributed by atoms with Gasteiger partial charge in [-0.25, -0.2) is 0 Å². The van der Waals surface area contributed by atoms with E-state index in [1.54, 1.807) is 0 Å². The minimum Gasteiger partial charge on any atom is -0.0888 e. The summed E-state index contributed by atoms with van der Waals surface area (Å²) in [6, 6.07) is 0. The monoisotopic (exact) mass is 166 g/mol. The van der Waals surface area contributed by atoms with E-state index >= 15 is 0 Å². The minimum absolute atomic E-state index is 0.693. The van der Waals surface area contributed by atoms with Crippen LogP contribution in [-0.2, 0) is 0 Å². The zero-order valence-electron chi connectivity index (χ0n) is 8.60. The van der Waals surface area contributed by atoms with Crippen molar-refractivity contribution in [3.63, 3.8) is 0 Å². The molecular formula is C12H22. The van der Waals surface area contributed by atoms with Crippen LogP contribution in [0.25, 0.3) is 0 Å². The molecule has 1 fully saturated rings. The predicted octanol–water partition coefficient (Wildman–Crippen LogP) is 4.31. The number of allylic oxidation sites excluding steroid dienone is 2. The fourth-order valence-electron chi connectivity index (χ4n) is 2.19. The molecule has 0 aromatic rings. The maximum Gasteiger partial charge on any atom is -0.0323 e. The lowest BCUT2D eigenvalue weighted by atomic mass is 9.84. The Balaban J connectivity index is 2.17. The molecule has 1 rings (SSSR count). The quantitative estimate of drug-likeness (QED) is 0.546. The molecule has 70 valence electrons. The van der Waals surface area contributed by atoms with E-state index in [0.717, 1.165) is 0 Å². The van der Waals surface area contributed by atoms with Gasteiger partial charge >= 0.3 is 0 Å². The van der Waals surface area contributed by atoms with Crippen LogP contribution in [0.4, 0.5) is 0 Å². The highest BCUT2D eigenvalue weighted by molar-refractivity contribution is 4.86. The molecule has 12 heavy (non-hydrogen) atoms. The average molecular weight is 166 g/mol. The first kappa shape index (κ1) is 9.83.